The SMILES string of the molecule is Cc1cc(C(=O)Nc2ccc(N3CCCN(C)CC3)cc2)n(-c2cc3ccccc3cc2S(C)(=O)=O)n1. The third-order valence-corrected chi connectivity index (χ3v) is 7.85. The second-order valence-electron chi connectivity index (χ2n) is 9.67. The second-order valence-corrected chi connectivity index (χ2v) is 11.7. The number of carbonyl (C=O) groups excluding carboxylic acids is 1. The number of carbonyl (C=O) groups is 1. The van der Waals surface area contributed by atoms with Crippen LogP contribution in [0.5, 0.6) is 0 Å². The molecule has 37 heavy (non-hydrogen) atoms. The van der Waals surface area contributed by atoms with E-state index in [1.165, 1.54) is 10.9 Å². The van der Waals surface area contributed by atoms with Crippen LogP contribution in [0.3, 0.4) is 0 Å². The lowest BCUT2D eigenvalue weighted by atomic mass is 10.1. The number of hydrogen-bond donors (Lipinski definition) is 1. The first-order chi connectivity index (χ1) is 17.7. The highest BCUT2D eigenvalue weighted by molar-refractivity contribution is 7.90. The summed E-state index contributed by atoms with van der Waals surface area (Å²) in [5, 5.41) is 9.11. The summed E-state index contributed by atoms with van der Waals surface area (Å²) in [6.45, 7) is 5.86. The number of nitrogens with zero attached hydrogens (tertiary/aromatic N) is 4. The highest BCUT2D eigenvalue weighted by atomic mass is 32.2. The smallest absolute Gasteiger partial charge is 0.274 e. The minimum atomic E-state index is -3.59. The van der Waals surface area contributed by atoms with Gasteiger partial charge in [-0.15, -0.1) is 0 Å². The van der Waals surface area contributed by atoms with Crippen LogP contribution < -0.4 is 10.2 Å². The summed E-state index contributed by atoms with van der Waals surface area (Å²) in [6, 6.07) is 20.4. The maximum Gasteiger partial charge on any atom is 0.274 e. The fraction of sp³-hybridized carbons (Fsp3) is 0.286. The molecule has 1 amide bonds. The van der Waals surface area contributed by atoms with Gasteiger partial charge in [0, 0.05) is 37.3 Å². The summed E-state index contributed by atoms with van der Waals surface area (Å²) < 4.78 is 26.8. The Bertz CT molecular complexity index is 1560. The van der Waals surface area contributed by atoms with Gasteiger partial charge in [0.1, 0.15) is 5.69 Å². The van der Waals surface area contributed by atoms with E-state index in [2.05, 4.69) is 27.3 Å². The molecule has 0 saturated carbocycles. The lowest BCUT2D eigenvalue weighted by Crippen LogP contribution is -2.28. The number of aromatic nitrogens is 2. The summed E-state index contributed by atoms with van der Waals surface area (Å²) in [5.41, 5.74) is 3.01. The molecule has 4 aromatic rings. The van der Waals surface area contributed by atoms with Crippen molar-refractivity contribution in [3.8, 4) is 5.69 Å². The molecule has 1 fully saturated rings. The van der Waals surface area contributed by atoms with Crippen molar-refractivity contribution in [3.63, 3.8) is 0 Å². The third-order valence-electron chi connectivity index (χ3n) is 6.73. The van der Waals surface area contributed by atoms with Gasteiger partial charge < -0.3 is 15.1 Å². The molecule has 8 nitrogen and oxygen atoms in total. The zero-order chi connectivity index (χ0) is 26.2. The predicted molar refractivity (Wildman–Crippen MR) is 148 cm³/mol. The van der Waals surface area contributed by atoms with E-state index in [1.807, 2.05) is 48.5 Å². The molecule has 1 aliphatic heterocycles. The number of likely N-dealkylation sites (N-methyl/N-ethyl adjacent to an activating group) is 1. The van der Waals surface area contributed by atoms with Gasteiger partial charge >= 0.3 is 0 Å². The molecule has 0 radical (unpaired) electrons. The van der Waals surface area contributed by atoms with Crippen LogP contribution in [0, 0.1) is 6.92 Å². The maximum absolute atomic E-state index is 13.4. The van der Waals surface area contributed by atoms with Crippen LogP contribution in [-0.4, -0.2) is 68.5 Å². The highest BCUT2D eigenvalue weighted by Crippen LogP contribution is 2.28. The minimum Gasteiger partial charge on any atom is -0.370 e. The van der Waals surface area contributed by atoms with E-state index >= 15 is 0 Å². The van der Waals surface area contributed by atoms with Crippen LogP contribution in [0.1, 0.15) is 22.6 Å². The molecule has 0 unspecified atom stereocenters. The molecule has 5 rings (SSSR count). The minimum absolute atomic E-state index is 0.121. The van der Waals surface area contributed by atoms with E-state index in [1.54, 1.807) is 25.1 Å². The quantitative estimate of drug-likeness (QED) is 0.428. The maximum atomic E-state index is 13.4. The Morgan fingerprint density at radius 1 is 0.919 bits per heavy atom. The molecule has 0 bridgehead atoms. The summed E-state index contributed by atoms with van der Waals surface area (Å²) >= 11 is 0. The predicted octanol–water partition coefficient (Wildman–Crippen LogP) is 4.13. The number of hydrogen-bond acceptors (Lipinski definition) is 6. The molecule has 9 heteroatoms. The standard InChI is InChI=1S/C28H31N5O3S/c1-20-17-26(28(34)29-23-9-11-24(12-10-23)32-14-6-13-31(2)15-16-32)33(30-20)25-18-21-7-4-5-8-22(21)19-27(25)37(3,35)36/h4-5,7-12,17-19H,6,13-16H2,1-3H3,(H,29,34). The molecule has 192 valence electrons. The van der Waals surface area contributed by atoms with Crippen molar-refractivity contribution in [1.82, 2.24) is 14.7 Å². The number of anilines is 2. The van der Waals surface area contributed by atoms with Crippen molar-refractivity contribution in [1.29, 1.82) is 0 Å². The van der Waals surface area contributed by atoms with Crippen molar-refractivity contribution in [3.05, 3.63) is 78.1 Å². The number of rotatable bonds is 5. The van der Waals surface area contributed by atoms with E-state index in [-0.39, 0.29) is 16.5 Å². The number of nitrogens with one attached hydrogen (secondary N) is 1. The van der Waals surface area contributed by atoms with Gasteiger partial charge in [-0.1, -0.05) is 24.3 Å². The zero-order valence-corrected chi connectivity index (χ0v) is 22.1. The Labute approximate surface area is 217 Å². The molecular formula is C28H31N5O3S. The number of benzene rings is 3. The van der Waals surface area contributed by atoms with Crippen molar-refractivity contribution in [2.45, 2.75) is 18.2 Å². The Morgan fingerprint density at radius 3 is 2.32 bits per heavy atom. The number of fused-ring (bicyclic) bond motifs is 1. The Balaban J connectivity index is 1.45. The van der Waals surface area contributed by atoms with Gasteiger partial charge in [-0.05, 0) is 80.2 Å². The van der Waals surface area contributed by atoms with E-state index in [9.17, 15) is 13.2 Å². The van der Waals surface area contributed by atoms with Crippen molar-refractivity contribution in [2.75, 3.05) is 49.7 Å². The first-order valence-corrected chi connectivity index (χ1v) is 14.2. The van der Waals surface area contributed by atoms with Gasteiger partial charge in [-0.2, -0.15) is 5.10 Å². The van der Waals surface area contributed by atoms with Crippen LogP contribution in [0.4, 0.5) is 11.4 Å². The summed E-state index contributed by atoms with van der Waals surface area (Å²) in [6.07, 6.45) is 2.28. The van der Waals surface area contributed by atoms with Crippen molar-refractivity contribution >= 4 is 37.9 Å². The number of aryl methyl sites for hydroxylation is 1. The molecule has 1 aliphatic rings. The van der Waals surface area contributed by atoms with Gasteiger partial charge in [0.25, 0.3) is 5.91 Å². The van der Waals surface area contributed by atoms with E-state index in [0.29, 0.717) is 17.1 Å². The van der Waals surface area contributed by atoms with Crippen LogP contribution in [0.25, 0.3) is 16.5 Å². The molecule has 1 aromatic heterocycles. The third kappa shape index (κ3) is 5.38. The normalized spacial score (nSPS) is 15.1. The second kappa shape index (κ2) is 9.99. The van der Waals surface area contributed by atoms with Crippen LogP contribution in [0.2, 0.25) is 0 Å². The summed E-state index contributed by atoms with van der Waals surface area (Å²) in [7, 11) is -1.44. The Hall–Kier alpha value is -3.69. The molecule has 3 aromatic carbocycles. The monoisotopic (exact) mass is 517 g/mol. The Kier molecular flexibility index (Phi) is 6.74. The van der Waals surface area contributed by atoms with Gasteiger partial charge in [0.2, 0.25) is 0 Å². The molecule has 1 saturated heterocycles. The largest absolute Gasteiger partial charge is 0.370 e. The average molecular weight is 518 g/mol. The first kappa shape index (κ1) is 25.0. The topological polar surface area (TPSA) is 87.5 Å². The van der Waals surface area contributed by atoms with Crippen molar-refractivity contribution in [2.24, 2.45) is 0 Å². The van der Waals surface area contributed by atoms with Crippen LogP contribution >= 0.6 is 0 Å². The van der Waals surface area contributed by atoms with Crippen LogP contribution in [-0.2, 0) is 9.84 Å². The molecule has 0 aliphatic carbocycles. The fourth-order valence-corrected chi connectivity index (χ4v) is 5.64. The molecule has 0 atom stereocenters. The molecule has 2 heterocycles. The molecule has 1 N–H and O–H groups in total. The lowest BCUT2D eigenvalue weighted by Gasteiger charge is -2.23. The Morgan fingerprint density at radius 2 is 1.62 bits per heavy atom. The van der Waals surface area contributed by atoms with Gasteiger partial charge in [-0.25, -0.2) is 13.1 Å². The van der Waals surface area contributed by atoms with E-state index < -0.39 is 9.84 Å². The van der Waals surface area contributed by atoms with Gasteiger partial charge in [-0.3, -0.25) is 4.79 Å². The van der Waals surface area contributed by atoms with Crippen LogP contribution in [0.15, 0.2) is 71.6 Å². The fourth-order valence-electron chi connectivity index (χ4n) is 4.77. The number of sulfone groups is 1. The highest BCUT2D eigenvalue weighted by Gasteiger charge is 2.22. The van der Waals surface area contributed by atoms with Gasteiger partial charge in [0.15, 0.2) is 9.84 Å². The molecular weight excluding hydrogens is 486 g/mol. The summed E-state index contributed by atoms with van der Waals surface area (Å²) in [4.78, 5) is 18.2. The molecule has 0 spiro atoms. The van der Waals surface area contributed by atoms with E-state index in [4.69, 9.17) is 0 Å². The lowest BCUT2D eigenvalue weighted by molar-refractivity contribution is 0.101. The van der Waals surface area contributed by atoms with E-state index in [0.717, 1.165) is 49.1 Å². The van der Waals surface area contributed by atoms with Crippen molar-refractivity contribution < 1.29 is 13.2 Å². The zero-order valence-electron chi connectivity index (χ0n) is 21.3. The summed E-state index contributed by atoms with van der Waals surface area (Å²) in [5.74, 6) is -0.364. The first-order valence-electron chi connectivity index (χ1n) is 12.3. The average Bonchev–Trinajstić information content (AvgIpc) is 3.13. The number of amides is 1. The van der Waals surface area contributed by atoms with Gasteiger partial charge in [0.05, 0.1) is 16.3 Å².